The average molecular weight is 1200 g/mol. The molecule has 0 aliphatic carbocycles. The molecule has 0 aromatic carbocycles. The number of hydrogen-bond acceptors (Lipinski definition) is 0. The van der Waals surface area contributed by atoms with Gasteiger partial charge in [0.25, 0.3) is 0 Å². The van der Waals surface area contributed by atoms with Crippen LogP contribution in [0.3, 0.4) is 0 Å². The van der Waals surface area contributed by atoms with E-state index in [4.69, 9.17) is 0 Å². The van der Waals surface area contributed by atoms with Crippen LogP contribution >= 0.6 is 0 Å². The summed E-state index contributed by atoms with van der Waals surface area (Å²) in [4.78, 5) is 0. The third-order valence-electron chi connectivity index (χ3n) is 0. The molecule has 0 spiro atoms. The quantitative estimate of drug-likeness (QED) is 0.322. The molecule has 0 bridgehead atoms. The zero-order valence-electron chi connectivity index (χ0n) is 10.2. The standard InChI is InChI=1S/C2H5.CH3.13Y/c1-2;;;;;;;;;;;;;;/h1H2,2H3;1H3;;;;;;;;;;;;;/q2*-1;;;;;;;;;;;;;. The van der Waals surface area contributed by atoms with Crippen LogP contribution in [0.1, 0.15) is 6.92 Å². The molecular formula is C3H8Y13-2. The maximum atomic E-state index is 3.25. The Morgan fingerprint density at radius 2 is 0.312 bits per heavy atom. The predicted octanol–water partition coefficient (Wildman–Crippen LogP) is 1.26. The van der Waals surface area contributed by atoms with Gasteiger partial charge in [-0.15, -0.1) is 0 Å². The zero-order chi connectivity index (χ0) is 2.00. The van der Waals surface area contributed by atoms with Gasteiger partial charge in [-0.1, -0.05) is 0 Å². The Hall–Kier alpha value is 14.4. The zero-order valence-corrected chi connectivity index (χ0v) is 47.1. The van der Waals surface area contributed by atoms with Crippen LogP contribution in [0.15, 0.2) is 0 Å². The topological polar surface area (TPSA) is 0 Å². The second kappa shape index (κ2) is 115. The van der Waals surface area contributed by atoms with Crippen LogP contribution in [-0.2, 0) is 425 Å². The summed E-state index contributed by atoms with van der Waals surface area (Å²) in [6.07, 6.45) is 0. The molecule has 0 amide bonds. The molecule has 0 aromatic heterocycles. The van der Waals surface area contributed by atoms with Gasteiger partial charge in [0.2, 0.25) is 0 Å². The molecular weight excluding hydrogens is 1190 g/mol. The molecule has 13 heteroatoms. The number of rotatable bonds is 0. The molecule has 0 aliphatic rings. The third-order valence-corrected chi connectivity index (χ3v) is 0. The van der Waals surface area contributed by atoms with E-state index in [9.17, 15) is 0 Å². The normalized spacial score (nSPS) is 0.375. The fourth-order valence-corrected chi connectivity index (χ4v) is 0. The maximum absolute atomic E-state index is 3.25. The molecule has 0 aromatic rings. The van der Waals surface area contributed by atoms with Crippen LogP contribution < -0.4 is 0 Å². The van der Waals surface area contributed by atoms with Gasteiger partial charge in [0.05, 0.1) is 0 Å². The monoisotopic (exact) mass is 1200 g/mol. The summed E-state index contributed by atoms with van der Waals surface area (Å²) >= 11 is 0. The Bertz CT molecular complexity index is 11.1. The van der Waals surface area contributed by atoms with Gasteiger partial charge in [-0.05, 0) is 0 Å². The summed E-state index contributed by atoms with van der Waals surface area (Å²) in [5.74, 6) is 0. The van der Waals surface area contributed by atoms with E-state index in [1.807, 2.05) is 0 Å². The van der Waals surface area contributed by atoms with Crippen molar-refractivity contribution in [2.45, 2.75) is 6.92 Å². The van der Waals surface area contributed by atoms with Crippen LogP contribution in [0.25, 0.3) is 0 Å². The fraction of sp³-hybridized carbons (Fsp3) is 0.333. The Morgan fingerprint density at radius 3 is 0.312 bits per heavy atom. The predicted molar refractivity (Wildman–Crippen MR) is 17.4 cm³/mol. The largest absolute Gasteiger partial charge is 0.358 e. The Kier molecular flexibility index (Phi) is 794. The van der Waals surface area contributed by atoms with E-state index in [0.29, 0.717) is 0 Å². The molecule has 0 saturated heterocycles. The first kappa shape index (κ1) is 111. The van der Waals surface area contributed by atoms with Gasteiger partial charge >= 0.3 is 0 Å². The Balaban J connectivity index is -0.0000000000549. The molecule has 0 nitrogen and oxygen atoms in total. The minimum atomic E-state index is 0. The smallest absolute Gasteiger partial charge is 0 e. The maximum Gasteiger partial charge on any atom is 0 e. The average Bonchev–Trinajstić information content (AvgIpc) is 1.00. The van der Waals surface area contributed by atoms with Crippen molar-refractivity contribution < 1.29 is 425 Å². The second-order valence-electron chi connectivity index (χ2n) is 0. The minimum Gasteiger partial charge on any atom is -0.358 e. The summed E-state index contributed by atoms with van der Waals surface area (Å²) in [6, 6.07) is 0. The van der Waals surface area contributed by atoms with E-state index in [1.54, 1.807) is 6.92 Å². The summed E-state index contributed by atoms with van der Waals surface area (Å²) in [6.45, 7) is 5.00. The van der Waals surface area contributed by atoms with Gasteiger partial charge < -0.3 is 14.4 Å². The van der Waals surface area contributed by atoms with E-state index >= 15 is 0 Å². The molecule has 0 rings (SSSR count). The van der Waals surface area contributed by atoms with Crippen LogP contribution in [0.4, 0.5) is 0 Å². The fourth-order valence-electron chi connectivity index (χ4n) is 0. The summed E-state index contributed by atoms with van der Waals surface area (Å²) in [5, 5.41) is 0. The molecule has 0 fully saturated rings. The van der Waals surface area contributed by atoms with E-state index < -0.39 is 0 Å². The summed E-state index contributed by atoms with van der Waals surface area (Å²) < 4.78 is 0. The van der Waals surface area contributed by atoms with Gasteiger partial charge in [0.1, 0.15) is 0 Å². The van der Waals surface area contributed by atoms with Gasteiger partial charge in [0, 0.05) is 425 Å². The molecule has 0 heterocycles. The van der Waals surface area contributed by atoms with Crippen molar-refractivity contribution in [3.05, 3.63) is 14.4 Å². The van der Waals surface area contributed by atoms with Crippen molar-refractivity contribution in [1.82, 2.24) is 0 Å². The molecule has 16 heavy (non-hydrogen) atoms. The van der Waals surface area contributed by atoms with Crippen molar-refractivity contribution in [2.75, 3.05) is 0 Å². The van der Waals surface area contributed by atoms with Gasteiger partial charge in [-0.2, -0.15) is 6.92 Å². The van der Waals surface area contributed by atoms with E-state index in [-0.39, 0.29) is 433 Å². The first-order valence-corrected chi connectivity index (χ1v) is 0.707. The first-order valence-electron chi connectivity index (χ1n) is 0.707. The van der Waals surface area contributed by atoms with Gasteiger partial charge in [0.15, 0.2) is 0 Å². The molecule has 0 N–H and O–H groups in total. The SMILES string of the molecule is [CH2-]C.[CH3-].[Y].[Y].[Y].[Y].[Y].[Y].[Y].[Y].[Y].[Y].[Y].[Y].[Y]. The van der Waals surface area contributed by atoms with Crippen molar-refractivity contribution in [1.29, 1.82) is 0 Å². The van der Waals surface area contributed by atoms with Crippen LogP contribution in [0.5, 0.6) is 0 Å². The minimum absolute atomic E-state index is 0. The van der Waals surface area contributed by atoms with Crippen LogP contribution in [0.2, 0.25) is 0 Å². The molecule has 13 radical (unpaired) electrons. The van der Waals surface area contributed by atoms with Crippen molar-refractivity contribution in [3.8, 4) is 0 Å². The van der Waals surface area contributed by atoms with E-state index in [2.05, 4.69) is 6.92 Å². The molecule has 61 valence electrons. The third kappa shape index (κ3) is 103. The van der Waals surface area contributed by atoms with Gasteiger partial charge in [-0.25, -0.2) is 0 Å². The summed E-state index contributed by atoms with van der Waals surface area (Å²) in [5.41, 5.74) is 0. The van der Waals surface area contributed by atoms with Crippen molar-refractivity contribution in [3.63, 3.8) is 0 Å². The number of hydrogen-bond donors (Lipinski definition) is 0. The molecule has 0 atom stereocenters. The second-order valence-corrected chi connectivity index (χ2v) is 0. The molecule has 0 saturated carbocycles. The van der Waals surface area contributed by atoms with Gasteiger partial charge in [-0.3, -0.25) is 0 Å². The Morgan fingerprint density at radius 1 is 0.312 bits per heavy atom. The van der Waals surface area contributed by atoms with Crippen LogP contribution in [0, 0.1) is 14.4 Å². The van der Waals surface area contributed by atoms with Crippen molar-refractivity contribution >= 4 is 0 Å². The van der Waals surface area contributed by atoms with E-state index in [0.717, 1.165) is 0 Å². The first-order chi connectivity index (χ1) is 1.00. The molecule has 0 unspecified atom stereocenters. The summed E-state index contributed by atoms with van der Waals surface area (Å²) in [7, 11) is 0. The van der Waals surface area contributed by atoms with Crippen molar-refractivity contribution in [2.24, 2.45) is 0 Å². The molecule has 0 aliphatic heterocycles. The van der Waals surface area contributed by atoms with E-state index in [1.165, 1.54) is 0 Å². The van der Waals surface area contributed by atoms with Crippen LogP contribution in [-0.4, -0.2) is 0 Å². The Labute approximate surface area is 430 Å².